The molecule has 2 N–H and O–H groups in total. The Morgan fingerprint density at radius 2 is 1.86 bits per heavy atom. The summed E-state index contributed by atoms with van der Waals surface area (Å²) in [6, 6.07) is 20.5. The summed E-state index contributed by atoms with van der Waals surface area (Å²) in [5, 5.41) is 7.56. The summed E-state index contributed by atoms with van der Waals surface area (Å²) in [5.41, 5.74) is 3.48. The van der Waals surface area contributed by atoms with Crippen LogP contribution < -0.4 is 15.5 Å². The van der Waals surface area contributed by atoms with Crippen molar-refractivity contribution in [3.8, 4) is 10.6 Å². The van der Waals surface area contributed by atoms with Crippen LogP contribution in [0.3, 0.4) is 0 Å². The lowest BCUT2D eigenvalue weighted by Gasteiger charge is -2.36. The van der Waals surface area contributed by atoms with Gasteiger partial charge in [0.15, 0.2) is 5.82 Å². The number of para-hydroxylation sites is 2. The van der Waals surface area contributed by atoms with Crippen molar-refractivity contribution in [2.75, 3.05) is 23.3 Å². The molecular weight excluding hydrogens is 470 g/mol. The van der Waals surface area contributed by atoms with Gasteiger partial charge in [-0.05, 0) is 51.8 Å². The summed E-state index contributed by atoms with van der Waals surface area (Å²) in [5.74, 6) is 0.735. The van der Waals surface area contributed by atoms with E-state index < -0.39 is 5.60 Å². The molecule has 1 aliphatic heterocycles. The minimum atomic E-state index is -0.515. The number of hydrogen-bond donors (Lipinski definition) is 2. The molecule has 2 aromatic carbocycles. The van der Waals surface area contributed by atoms with Crippen LogP contribution >= 0.6 is 11.3 Å². The number of fused-ring (bicyclic) bond motifs is 1. The SMILES string of the molecule is CC(C)(C)OC(=O)N[C@H]1CCCN(c2ccccc2Nc2nccc3sc(-c4ccccc4)nc23)C1. The molecular formula is C28H31N5O2S. The molecule has 1 fully saturated rings. The molecule has 0 saturated carbocycles. The van der Waals surface area contributed by atoms with Crippen molar-refractivity contribution < 1.29 is 9.53 Å². The van der Waals surface area contributed by atoms with Crippen LogP contribution in [-0.4, -0.2) is 40.8 Å². The fraction of sp³-hybridized carbons (Fsp3) is 0.321. The number of nitrogens with one attached hydrogen (secondary N) is 2. The van der Waals surface area contributed by atoms with E-state index in [-0.39, 0.29) is 12.1 Å². The molecule has 0 unspecified atom stereocenters. The number of benzene rings is 2. The summed E-state index contributed by atoms with van der Waals surface area (Å²) >= 11 is 1.66. The molecule has 3 heterocycles. The third-order valence-electron chi connectivity index (χ3n) is 5.97. The molecule has 0 aliphatic carbocycles. The van der Waals surface area contributed by atoms with Gasteiger partial charge in [-0.3, -0.25) is 0 Å². The van der Waals surface area contributed by atoms with Crippen LogP contribution in [0.4, 0.5) is 22.0 Å². The Morgan fingerprint density at radius 3 is 2.67 bits per heavy atom. The van der Waals surface area contributed by atoms with Gasteiger partial charge in [0.25, 0.3) is 0 Å². The largest absolute Gasteiger partial charge is 0.444 e. The van der Waals surface area contributed by atoms with Gasteiger partial charge < -0.3 is 20.3 Å². The quantitative estimate of drug-likeness (QED) is 0.321. The second kappa shape index (κ2) is 10.1. The first kappa shape index (κ1) is 24.1. The monoisotopic (exact) mass is 501 g/mol. The van der Waals surface area contributed by atoms with Crippen LogP contribution in [0.25, 0.3) is 20.8 Å². The van der Waals surface area contributed by atoms with E-state index in [0.717, 1.165) is 57.4 Å². The molecule has 186 valence electrons. The number of anilines is 3. The average Bonchev–Trinajstić information content (AvgIpc) is 3.29. The lowest BCUT2D eigenvalue weighted by atomic mass is 10.0. The molecule has 2 aromatic heterocycles. The highest BCUT2D eigenvalue weighted by Crippen LogP contribution is 2.36. The Balaban J connectivity index is 1.37. The maximum Gasteiger partial charge on any atom is 0.407 e. The molecule has 7 nitrogen and oxygen atoms in total. The summed E-state index contributed by atoms with van der Waals surface area (Å²) in [6.45, 7) is 7.26. The Hall–Kier alpha value is -3.65. The van der Waals surface area contributed by atoms with Gasteiger partial charge >= 0.3 is 6.09 Å². The first-order valence-corrected chi connectivity index (χ1v) is 13.1. The third-order valence-corrected chi connectivity index (χ3v) is 7.04. The number of carbonyl (C=O) groups is 1. The Labute approximate surface area is 215 Å². The Bertz CT molecular complexity index is 1350. The van der Waals surface area contributed by atoms with Gasteiger partial charge in [0.1, 0.15) is 16.1 Å². The maximum atomic E-state index is 12.3. The van der Waals surface area contributed by atoms with Crippen molar-refractivity contribution in [1.82, 2.24) is 15.3 Å². The van der Waals surface area contributed by atoms with Crippen LogP contribution in [0.1, 0.15) is 33.6 Å². The summed E-state index contributed by atoms with van der Waals surface area (Å²) in [6.07, 6.45) is 3.36. The van der Waals surface area contributed by atoms with Crippen LogP contribution in [0.5, 0.6) is 0 Å². The molecule has 4 aromatic rings. The van der Waals surface area contributed by atoms with Crippen molar-refractivity contribution in [2.24, 2.45) is 0 Å². The highest BCUT2D eigenvalue weighted by Gasteiger charge is 2.25. The number of amides is 1. The molecule has 36 heavy (non-hydrogen) atoms. The molecule has 0 bridgehead atoms. The molecule has 1 saturated heterocycles. The number of aromatic nitrogens is 2. The first-order chi connectivity index (χ1) is 17.4. The highest BCUT2D eigenvalue weighted by atomic mass is 32.1. The normalized spacial score (nSPS) is 16.1. The Morgan fingerprint density at radius 1 is 1.08 bits per heavy atom. The fourth-order valence-corrected chi connectivity index (χ4v) is 5.39. The van der Waals surface area contributed by atoms with E-state index in [1.165, 1.54) is 0 Å². The van der Waals surface area contributed by atoms with Crippen molar-refractivity contribution in [1.29, 1.82) is 0 Å². The van der Waals surface area contributed by atoms with Gasteiger partial charge in [-0.15, -0.1) is 11.3 Å². The lowest BCUT2D eigenvalue weighted by molar-refractivity contribution is 0.0500. The molecule has 1 amide bonds. The number of carbonyl (C=O) groups excluding carboxylic acids is 1. The minimum Gasteiger partial charge on any atom is -0.444 e. The number of thiazole rings is 1. The van der Waals surface area contributed by atoms with Crippen molar-refractivity contribution in [3.63, 3.8) is 0 Å². The standard InChI is InChI=1S/C28H31N5O2S/c1-28(2,3)35-27(34)30-20-12-9-17-33(18-20)22-14-8-7-13-21(22)31-25-24-23(15-16-29-25)36-26(32-24)19-10-5-4-6-11-19/h4-8,10-11,13-16,20H,9,12,17-18H2,1-3H3,(H,29,31)(H,30,34)/t20-/m0/s1. The second-order valence-corrected chi connectivity index (χ2v) is 11.0. The van der Waals surface area contributed by atoms with E-state index in [2.05, 4.69) is 44.8 Å². The molecule has 8 heteroatoms. The highest BCUT2D eigenvalue weighted by molar-refractivity contribution is 7.21. The van der Waals surface area contributed by atoms with E-state index in [4.69, 9.17) is 9.72 Å². The van der Waals surface area contributed by atoms with Crippen LogP contribution in [0.2, 0.25) is 0 Å². The predicted molar refractivity (Wildman–Crippen MR) is 147 cm³/mol. The van der Waals surface area contributed by atoms with Gasteiger partial charge in [0.05, 0.1) is 16.1 Å². The molecule has 5 rings (SSSR count). The zero-order chi connectivity index (χ0) is 25.1. The van der Waals surface area contributed by atoms with Crippen LogP contribution in [0.15, 0.2) is 66.9 Å². The number of nitrogens with zero attached hydrogens (tertiary/aromatic N) is 3. The number of hydrogen-bond acceptors (Lipinski definition) is 7. The number of rotatable bonds is 5. The van der Waals surface area contributed by atoms with Crippen molar-refractivity contribution in [2.45, 2.75) is 45.3 Å². The summed E-state index contributed by atoms with van der Waals surface area (Å²) in [4.78, 5) is 24.2. The van der Waals surface area contributed by atoms with E-state index in [1.54, 1.807) is 11.3 Å². The topological polar surface area (TPSA) is 79.4 Å². The van der Waals surface area contributed by atoms with E-state index in [9.17, 15) is 4.79 Å². The average molecular weight is 502 g/mol. The molecule has 1 atom stereocenters. The van der Waals surface area contributed by atoms with Crippen molar-refractivity contribution >= 4 is 44.8 Å². The van der Waals surface area contributed by atoms with Gasteiger partial charge in [-0.2, -0.15) is 0 Å². The van der Waals surface area contributed by atoms with E-state index in [1.807, 2.05) is 63.4 Å². The molecule has 1 aliphatic rings. The second-order valence-electron chi connectivity index (χ2n) is 9.96. The van der Waals surface area contributed by atoms with Crippen LogP contribution in [0, 0.1) is 0 Å². The molecule has 0 spiro atoms. The van der Waals surface area contributed by atoms with E-state index in [0.29, 0.717) is 6.54 Å². The zero-order valence-electron chi connectivity index (χ0n) is 20.8. The van der Waals surface area contributed by atoms with Gasteiger partial charge in [-0.25, -0.2) is 14.8 Å². The zero-order valence-corrected chi connectivity index (χ0v) is 21.6. The van der Waals surface area contributed by atoms with Crippen LogP contribution in [-0.2, 0) is 4.74 Å². The number of piperidine rings is 1. The fourth-order valence-electron chi connectivity index (χ4n) is 4.42. The first-order valence-electron chi connectivity index (χ1n) is 12.3. The smallest absolute Gasteiger partial charge is 0.407 e. The van der Waals surface area contributed by atoms with Gasteiger partial charge in [0.2, 0.25) is 0 Å². The number of ether oxygens (including phenoxy) is 1. The minimum absolute atomic E-state index is 0.0233. The van der Waals surface area contributed by atoms with E-state index >= 15 is 0 Å². The van der Waals surface area contributed by atoms with Gasteiger partial charge in [0, 0.05) is 30.9 Å². The summed E-state index contributed by atoms with van der Waals surface area (Å²) < 4.78 is 6.55. The van der Waals surface area contributed by atoms with Gasteiger partial charge in [-0.1, -0.05) is 42.5 Å². The maximum absolute atomic E-state index is 12.3. The molecule has 0 radical (unpaired) electrons. The third kappa shape index (κ3) is 5.60. The lowest BCUT2D eigenvalue weighted by Crippen LogP contribution is -2.49. The predicted octanol–water partition coefficient (Wildman–Crippen LogP) is 6.60. The Kier molecular flexibility index (Phi) is 6.78. The summed E-state index contributed by atoms with van der Waals surface area (Å²) in [7, 11) is 0. The number of pyridine rings is 1. The number of alkyl carbamates (subject to hydrolysis) is 1. The van der Waals surface area contributed by atoms with Crippen molar-refractivity contribution in [3.05, 3.63) is 66.9 Å².